The van der Waals surface area contributed by atoms with Crippen molar-refractivity contribution in [3.8, 4) is 5.75 Å². The summed E-state index contributed by atoms with van der Waals surface area (Å²) in [7, 11) is 1.56. The van der Waals surface area contributed by atoms with E-state index in [0.29, 0.717) is 69.1 Å². The Morgan fingerprint density at radius 3 is 2.27 bits per heavy atom. The highest BCUT2D eigenvalue weighted by molar-refractivity contribution is 5.95. The number of aliphatic carboxylic acids is 1. The summed E-state index contributed by atoms with van der Waals surface area (Å²) in [4.78, 5) is 40.7. The largest absolute Gasteiger partial charge is 0.497 e. The van der Waals surface area contributed by atoms with Crippen molar-refractivity contribution in [1.29, 1.82) is 0 Å². The lowest BCUT2D eigenvalue weighted by Gasteiger charge is -2.55. The molecule has 13 heteroatoms. The number of amides is 1. The van der Waals surface area contributed by atoms with Crippen LogP contribution in [0.15, 0.2) is 36.4 Å². The van der Waals surface area contributed by atoms with Crippen LogP contribution in [0.1, 0.15) is 144 Å². The number of hydrogen-bond acceptors (Lipinski definition) is 11. The van der Waals surface area contributed by atoms with Crippen LogP contribution in [0.5, 0.6) is 5.75 Å². The van der Waals surface area contributed by atoms with Gasteiger partial charge in [0.1, 0.15) is 17.6 Å². The number of benzene rings is 1. The highest BCUT2D eigenvalue weighted by atomic mass is 16.8. The molecule has 4 fully saturated rings. The van der Waals surface area contributed by atoms with Crippen molar-refractivity contribution in [2.75, 3.05) is 7.11 Å². The Bertz CT molecular complexity index is 1810. The standard InChI is InChI=1S/C50H77NO12/c1-12-36(46(55)56)38-19-18-28(4)43(60-38)32(8)41(52)31(7)42(53)37(13-2)44-29(5)26-30(6)49(61-44)23-20-39(51-45(54)34-16-15-17-35(27-34)58-11)50(63-49)25-24-47(10,62-50)40-21-22-48(57,14-3)33(9)59-40/h15-17,20,23,27-33,36-41,43-44,52,57H,12-14,18-19,21-22,24-26H2,1-11H3,(H,51,54)(H,55,56)/t28-,29-,30+,31-,32-,33-,36+,37-,38+,39+,40+,41+,43+,44-,47-,48+,49-,50-/m0/s1. The van der Waals surface area contributed by atoms with E-state index >= 15 is 0 Å². The van der Waals surface area contributed by atoms with Crippen LogP contribution in [0.25, 0.3) is 0 Å². The van der Waals surface area contributed by atoms with Gasteiger partial charge in [0, 0.05) is 35.7 Å². The van der Waals surface area contributed by atoms with E-state index in [1.54, 1.807) is 38.3 Å². The fourth-order valence-corrected chi connectivity index (χ4v) is 11.7. The third kappa shape index (κ3) is 9.67. The molecule has 0 aliphatic carbocycles. The molecule has 5 heterocycles. The maximum absolute atomic E-state index is 14.7. The van der Waals surface area contributed by atoms with Gasteiger partial charge in [-0.3, -0.25) is 14.4 Å². The van der Waals surface area contributed by atoms with Gasteiger partial charge in [0.15, 0.2) is 11.6 Å². The summed E-state index contributed by atoms with van der Waals surface area (Å²) in [6, 6.07) is 6.23. The molecular weight excluding hydrogens is 807 g/mol. The number of aliphatic hydroxyl groups excluding tert-OH is 1. The number of carbonyl (C=O) groups is 3. The van der Waals surface area contributed by atoms with Crippen molar-refractivity contribution in [2.45, 2.75) is 199 Å². The van der Waals surface area contributed by atoms with E-state index in [1.807, 2.05) is 53.7 Å². The van der Waals surface area contributed by atoms with Gasteiger partial charge in [-0.05, 0) is 108 Å². The number of rotatable bonds is 15. The van der Waals surface area contributed by atoms with Gasteiger partial charge < -0.3 is 49.1 Å². The Balaban J connectivity index is 1.26. The number of methoxy groups -OCH3 is 1. The average molecular weight is 884 g/mol. The molecule has 5 aliphatic heterocycles. The van der Waals surface area contributed by atoms with Crippen molar-refractivity contribution < 1.29 is 58.1 Å². The Morgan fingerprint density at radius 2 is 1.63 bits per heavy atom. The molecule has 18 atom stereocenters. The molecule has 0 unspecified atom stereocenters. The first-order chi connectivity index (χ1) is 29.7. The second kappa shape index (κ2) is 19.5. The van der Waals surface area contributed by atoms with Gasteiger partial charge in [0.25, 0.3) is 5.91 Å². The number of aliphatic hydroxyl groups is 2. The zero-order valence-electron chi connectivity index (χ0n) is 39.6. The molecule has 63 heavy (non-hydrogen) atoms. The van der Waals surface area contributed by atoms with Crippen molar-refractivity contribution in [3.05, 3.63) is 42.0 Å². The van der Waals surface area contributed by atoms with Gasteiger partial charge in [-0.15, -0.1) is 0 Å². The highest BCUT2D eigenvalue weighted by Gasteiger charge is 2.63. The predicted molar refractivity (Wildman–Crippen MR) is 237 cm³/mol. The van der Waals surface area contributed by atoms with E-state index in [9.17, 15) is 29.7 Å². The summed E-state index contributed by atoms with van der Waals surface area (Å²) >= 11 is 0. The van der Waals surface area contributed by atoms with Crippen LogP contribution in [0.4, 0.5) is 0 Å². The van der Waals surface area contributed by atoms with Gasteiger partial charge in [-0.25, -0.2) is 0 Å². The number of ether oxygens (including phenoxy) is 6. The Kier molecular flexibility index (Phi) is 15.3. The minimum Gasteiger partial charge on any atom is -0.497 e. The molecule has 0 radical (unpaired) electrons. The number of ketones is 1. The second-order valence-electron chi connectivity index (χ2n) is 20.2. The number of carboxylic acid groups (broad SMARTS) is 1. The van der Waals surface area contributed by atoms with E-state index in [4.69, 9.17) is 28.4 Å². The summed E-state index contributed by atoms with van der Waals surface area (Å²) in [5, 5.41) is 36.2. The SMILES string of the molecule is CC[C@@H](C(=O)[C@@H](C)[C@@H](O)[C@H](C)[C@@H]1O[C@@H]([C@@H](CC)C(=O)O)CC[C@@H]1C)[C@H]1O[C@]2(C=C[C@@H](NC(=O)c3cccc(OC)c3)[C@]3(CC[C@@](C)([C@H]4CC[C@](O)(CC)[C@H](C)O4)O3)O2)[C@H](C)C[C@@H]1C. The lowest BCUT2D eigenvalue weighted by molar-refractivity contribution is -0.397. The maximum atomic E-state index is 14.7. The number of hydrogen-bond donors (Lipinski definition) is 4. The molecule has 1 aromatic carbocycles. The molecule has 13 nitrogen and oxygen atoms in total. The van der Waals surface area contributed by atoms with E-state index in [2.05, 4.69) is 26.1 Å². The predicted octanol–water partition coefficient (Wildman–Crippen LogP) is 7.63. The first-order valence-corrected chi connectivity index (χ1v) is 23.9. The van der Waals surface area contributed by atoms with Gasteiger partial charge >= 0.3 is 5.97 Å². The number of carboxylic acids is 1. The van der Waals surface area contributed by atoms with Gasteiger partial charge in [0.2, 0.25) is 0 Å². The van der Waals surface area contributed by atoms with Crippen molar-refractivity contribution in [1.82, 2.24) is 5.32 Å². The Morgan fingerprint density at radius 1 is 0.921 bits per heavy atom. The highest BCUT2D eigenvalue weighted by Crippen LogP contribution is 2.54. The van der Waals surface area contributed by atoms with Crippen LogP contribution in [0.3, 0.4) is 0 Å². The first-order valence-electron chi connectivity index (χ1n) is 23.9. The molecule has 0 saturated carbocycles. The minimum atomic E-state index is -1.38. The quantitative estimate of drug-likeness (QED) is 0.127. The third-order valence-corrected chi connectivity index (χ3v) is 16.1. The monoisotopic (exact) mass is 884 g/mol. The van der Waals surface area contributed by atoms with Crippen LogP contribution < -0.4 is 10.1 Å². The smallest absolute Gasteiger partial charge is 0.309 e. The third-order valence-electron chi connectivity index (χ3n) is 16.1. The molecule has 0 bridgehead atoms. The number of nitrogens with one attached hydrogen (secondary N) is 1. The zero-order chi connectivity index (χ0) is 46.2. The van der Waals surface area contributed by atoms with Gasteiger partial charge in [-0.1, -0.05) is 67.5 Å². The molecule has 0 aromatic heterocycles. The molecule has 6 rings (SSSR count). The molecule has 2 spiro atoms. The van der Waals surface area contributed by atoms with Crippen LogP contribution in [0, 0.1) is 41.4 Å². The molecular formula is C50H77NO12. The van der Waals surface area contributed by atoms with Crippen LogP contribution in [0.2, 0.25) is 0 Å². The molecule has 354 valence electrons. The van der Waals surface area contributed by atoms with E-state index < -0.39 is 89.0 Å². The Hall–Kier alpha value is -2.91. The number of Topliss-reactive ketones (excluding diaryl/α,β-unsaturated/α-hetero) is 1. The van der Waals surface area contributed by atoms with Gasteiger partial charge in [-0.2, -0.15) is 0 Å². The summed E-state index contributed by atoms with van der Waals surface area (Å²) in [6.45, 7) is 19.6. The van der Waals surface area contributed by atoms with Crippen LogP contribution >= 0.6 is 0 Å². The summed E-state index contributed by atoms with van der Waals surface area (Å²) in [6.07, 6.45) is 6.34. The lowest BCUT2D eigenvalue weighted by Crippen LogP contribution is -2.65. The molecule has 4 N–H and O–H groups in total. The zero-order valence-corrected chi connectivity index (χ0v) is 39.6. The van der Waals surface area contributed by atoms with E-state index in [0.717, 1.165) is 6.42 Å². The summed E-state index contributed by atoms with van der Waals surface area (Å²) < 4.78 is 40.1. The topological polar surface area (TPSA) is 179 Å². The molecule has 5 aliphatic rings. The summed E-state index contributed by atoms with van der Waals surface area (Å²) in [5.41, 5.74) is -1.33. The molecule has 1 aromatic rings. The maximum Gasteiger partial charge on any atom is 0.309 e. The fourth-order valence-electron chi connectivity index (χ4n) is 11.7. The lowest BCUT2D eigenvalue weighted by atomic mass is 9.72. The van der Waals surface area contributed by atoms with Crippen molar-refractivity contribution >= 4 is 17.7 Å². The van der Waals surface area contributed by atoms with Crippen molar-refractivity contribution in [2.24, 2.45) is 41.4 Å². The van der Waals surface area contributed by atoms with Crippen LogP contribution in [-0.4, -0.2) is 106 Å². The Labute approximate surface area is 375 Å². The first kappa shape index (κ1) is 49.5. The van der Waals surface area contributed by atoms with Crippen LogP contribution in [-0.2, 0) is 33.3 Å². The van der Waals surface area contributed by atoms with Gasteiger partial charge in [0.05, 0.1) is 60.9 Å². The summed E-state index contributed by atoms with van der Waals surface area (Å²) in [5.74, 6) is -5.93. The molecule has 4 saturated heterocycles. The fraction of sp³-hybridized carbons (Fsp3) is 0.780. The van der Waals surface area contributed by atoms with E-state index in [-0.39, 0.29) is 35.5 Å². The molecule has 1 amide bonds. The minimum absolute atomic E-state index is 0.0339. The average Bonchev–Trinajstić information content (AvgIpc) is 3.61. The van der Waals surface area contributed by atoms with E-state index in [1.165, 1.54) is 0 Å². The second-order valence-corrected chi connectivity index (χ2v) is 20.2. The van der Waals surface area contributed by atoms with Crippen molar-refractivity contribution in [3.63, 3.8) is 0 Å². The normalized spacial score (nSPS) is 40.5. The number of carbonyl (C=O) groups excluding carboxylic acids is 2.